The maximum atomic E-state index is 11.4. The van der Waals surface area contributed by atoms with Gasteiger partial charge in [0.2, 0.25) is 5.91 Å². The van der Waals surface area contributed by atoms with Gasteiger partial charge in [-0.2, -0.15) is 0 Å². The highest BCUT2D eigenvalue weighted by Crippen LogP contribution is 2.10. The SMILES string of the molecule is CCOCCC(=O)Nc1cccc(Br)n1. The number of nitrogens with zero attached hydrogens (tertiary/aromatic N) is 1. The van der Waals surface area contributed by atoms with Gasteiger partial charge in [0.15, 0.2) is 0 Å². The van der Waals surface area contributed by atoms with Crippen LogP contribution < -0.4 is 5.32 Å². The van der Waals surface area contributed by atoms with E-state index in [9.17, 15) is 4.79 Å². The van der Waals surface area contributed by atoms with Crippen LogP contribution in [-0.2, 0) is 9.53 Å². The Hall–Kier alpha value is -0.940. The molecule has 82 valence electrons. The zero-order valence-electron chi connectivity index (χ0n) is 8.50. The van der Waals surface area contributed by atoms with Crippen LogP contribution in [0.4, 0.5) is 5.82 Å². The Morgan fingerprint density at radius 3 is 3.07 bits per heavy atom. The highest BCUT2D eigenvalue weighted by atomic mass is 79.9. The minimum absolute atomic E-state index is 0.0888. The average molecular weight is 273 g/mol. The van der Waals surface area contributed by atoms with E-state index in [-0.39, 0.29) is 5.91 Å². The van der Waals surface area contributed by atoms with Crippen molar-refractivity contribution in [2.75, 3.05) is 18.5 Å². The zero-order chi connectivity index (χ0) is 11.1. The summed E-state index contributed by atoms with van der Waals surface area (Å²) in [5.74, 6) is 0.458. The minimum Gasteiger partial charge on any atom is -0.381 e. The smallest absolute Gasteiger partial charge is 0.227 e. The van der Waals surface area contributed by atoms with E-state index >= 15 is 0 Å². The molecule has 1 aromatic heterocycles. The van der Waals surface area contributed by atoms with Crippen molar-refractivity contribution < 1.29 is 9.53 Å². The molecule has 4 nitrogen and oxygen atoms in total. The van der Waals surface area contributed by atoms with E-state index in [2.05, 4.69) is 26.2 Å². The van der Waals surface area contributed by atoms with Crippen LogP contribution in [0.3, 0.4) is 0 Å². The largest absolute Gasteiger partial charge is 0.381 e. The lowest BCUT2D eigenvalue weighted by Crippen LogP contribution is -2.14. The third kappa shape index (κ3) is 4.90. The molecule has 15 heavy (non-hydrogen) atoms. The van der Waals surface area contributed by atoms with Crippen LogP contribution in [0.1, 0.15) is 13.3 Å². The maximum Gasteiger partial charge on any atom is 0.227 e. The molecule has 1 aromatic rings. The van der Waals surface area contributed by atoms with E-state index in [0.717, 1.165) is 0 Å². The number of hydrogen-bond acceptors (Lipinski definition) is 3. The summed E-state index contributed by atoms with van der Waals surface area (Å²) < 4.78 is 5.77. The summed E-state index contributed by atoms with van der Waals surface area (Å²) in [4.78, 5) is 15.4. The maximum absolute atomic E-state index is 11.4. The number of amides is 1. The van der Waals surface area contributed by atoms with Crippen molar-refractivity contribution in [1.29, 1.82) is 0 Å². The topological polar surface area (TPSA) is 51.2 Å². The van der Waals surface area contributed by atoms with Gasteiger partial charge in [0.25, 0.3) is 0 Å². The van der Waals surface area contributed by atoms with Crippen molar-refractivity contribution in [3.05, 3.63) is 22.8 Å². The summed E-state index contributed by atoms with van der Waals surface area (Å²) in [7, 11) is 0. The van der Waals surface area contributed by atoms with Gasteiger partial charge >= 0.3 is 0 Å². The first-order chi connectivity index (χ1) is 7.22. The number of halogens is 1. The molecule has 5 heteroatoms. The van der Waals surface area contributed by atoms with Gasteiger partial charge in [-0.3, -0.25) is 4.79 Å². The van der Waals surface area contributed by atoms with Crippen LogP contribution in [0, 0.1) is 0 Å². The van der Waals surface area contributed by atoms with Gasteiger partial charge in [-0.15, -0.1) is 0 Å². The molecule has 0 spiro atoms. The molecule has 1 N–H and O–H groups in total. The van der Waals surface area contributed by atoms with Crippen LogP contribution in [-0.4, -0.2) is 24.1 Å². The number of pyridine rings is 1. The van der Waals surface area contributed by atoms with E-state index in [4.69, 9.17) is 4.74 Å². The molecule has 0 aliphatic carbocycles. The molecular weight excluding hydrogens is 260 g/mol. The molecule has 0 bridgehead atoms. The second-order valence-corrected chi connectivity index (χ2v) is 3.65. The first-order valence-corrected chi connectivity index (χ1v) is 5.52. The summed E-state index contributed by atoms with van der Waals surface area (Å²) in [5, 5.41) is 2.68. The highest BCUT2D eigenvalue weighted by Gasteiger charge is 2.02. The Balaban J connectivity index is 2.37. The molecule has 0 saturated carbocycles. The van der Waals surface area contributed by atoms with Gasteiger partial charge < -0.3 is 10.1 Å². The van der Waals surface area contributed by atoms with E-state index in [1.807, 2.05) is 13.0 Å². The lowest BCUT2D eigenvalue weighted by Gasteiger charge is -2.04. The fourth-order valence-electron chi connectivity index (χ4n) is 0.992. The predicted octanol–water partition coefficient (Wildman–Crippen LogP) is 2.21. The molecule has 0 radical (unpaired) electrons. The monoisotopic (exact) mass is 272 g/mol. The second-order valence-electron chi connectivity index (χ2n) is 2.84. The molecule has 0 atom stereocenters. The van der Waals surface area contributed by atoms with Gasteiger partial charge in [0.1, 0.15) is 10.4 Å². The number of rotatable bonds is 5. The van der Waals surface area contributed by atoms with E-state index in [0.29, 0.717) is 30.1 Å². The summed E-state index contributed by atoms with van der Waals surface area (Å²) in [6.07, 6.45) is 0.349. The molecule has 0 aliphatic heterocycles. The Labute approximate surface area is 97.2 Å². The number of carbonyl (C=O) groups excluding carboxylic acids is 1. The number of ether oxygens (including phenoxy) is 1. The number of hydrogen-bond donors (Lipinski definition) is 1. The third-order valence-electron chi connectivity index (χ3n) is 1.66. The van der Waals surface area contributed by atoms with Crippen LogP contribution in [0.15, 0.2) is 22.8 Å². The fraction of sp³-hybridized carbons (Fsp3) is 0.400. The van der Waals surface area contributed by atoms with Crippen LogP contribution in [0.5, 0.6) is 0 Å². The van der Waals surface area contributed by atoms with Crippen LogP contribution >= 0.6 is 15.9 Å². The zero-order valence-corrected chi connectivity index (χ0v) is 10.1. The van der Waals surface area contributed by atoms with E-state index < -0.39 is 0 Å². The first kappa shape index (κ1) is 12.1. The number of aromatic nitrogens is 1. The Morgan fingerprint density at radius 2 is 2.40 bits per heavy atom. The van der Waals surface area contributed by atoms with Gasteiger partial charge in [-0.1, -0.05) is 6.07 Å². The second kappa shape index (κ2) is 6.53. The van der Waals surface area contributed by atoms with E-state index in [1.54, 1.807) is 12.1 Å². The first-order valence-electron chi connectivity index (χ1n) is 4.72. The summed E-state index contributed by atoms with van der Waals surface area (Å²) in [5.41, 5.74) is 0. The third-order valence-corrected chi connectivity index (χ3v) is 2.10. The van der Waals surface area contributed by atoms with Crippen molar-refractivity contribution in [3.8, 4) is 0 Å². The minimum atomic E-state index is -0.0888. The Bertz CT molecular complexity index is 331. The summed E-state index contributed by atoms with van der Waals surface area (Å²) in [6.45, 7) is 2.96. The lowest BCUT2D eigenvalue weighted by molar-refractivity contribution is -0.117. The molecule has 1 heterocycles. The number of nitrogens with one attached hydrogen (secondary N) is 1. The Morgan fingerprint density at radius 1 is 1.60 bits per heavy atom. The predicted molar refractivity (Wildman–Crippen MR) is 61.7 cm³/mol. The van der Waals surface area contributed by atoms with Crippen molar-refractivity contribution >= 4 is 27.7 Å². The molecule has 0 unspecified atom stereocenters. The van der Waals surface area contributed by atoms with Crippen molar-refractivity contribution in [2.45, 2.75) is 13.3 Å². The quantitative estimate of drug-likeness (QED) is 0.661. The van der Waals surface area contributed by atoms with Gasteiger partial charge in [0.05, 0.1) is 13.0 Å². The molecular formula is C10H13BrN2O2. The highest BCUT2D eigenvalue weighted by molar-refractivity contribution is 9.10. The summed E-state index contributed by atoms with van der Waals surface area (Å²) >= 11 is 3.23. The summed E-state index contributed by atoms with van der Waals surface area (Å²) in [6, 6.07) is 5.36. The molecule has 1 rings (SSSR count). The molecule has 0 aliphatic rings. The van der Waals surface area contributed by atoms with Gasteiger partial charge in [-0.05, 0) is 35.0 Å². The van der Waals surface area contributed by atoms with Crippen molar-refractivity contribution in [3.63, 3.8) is 0 Å². The van der Waals surface area contributed by atoms with Crippen molar-refractivity contribution in [2.24, 2.45) is 0 Å². The lowest BCUT2D eigenvalue weighted by atomic mass is 10.4. The molecule has 0 aromatic carbocycles. The number of carbonyl (C=O) groups is 1. The Kier molecular flexibility index (Phi) is 5.28. The average Bonchev–Trinajstić information content (AvgIpc) is 2.18. The van der Waals surface area contributed by atoms with Crippen molar-refractivity contribution in [1.82, 2.24) is 4.98 Å². The molecule has 0 fully saturated rings. The van der Waals surface area contributed by atoms with E-state index in [1.165, 1.54) is 0 Å². The number of anilines is 1. The fourth-order valence-corrected chi connectivity index (χ4v) is 1.34. The van der Waals surface area contributed by atoms with Gasteiger partial charge in [0, 0.05) is 6.61 Å². The normalized spacial score (nSPS) is 10.0. The standard InChI is InChI=1S/C10H13BrN2O2/c1-2-15-7-6-10(14)13-9-5-3-4-8(11)12-9/h3-5H,2,6-7H2,1H3,(H,12,13,14). The van der Waals surface area contributed by atoms with Crippen LogP contribution in [0.25, 0.3) is 0 Å². The van der Waals surface area contributed by atoms with Crippen LogP contribution in [0.2, 0.25) is 0 Å². The molecule has 1 amide bonds. The molecule has 0 saturated heterocycles. The van der Waals surface area contributed by atoms with Gasteiger partial charge in [-0.25, -0.2) is 4.98 Å².